The Morgan fingerprint density at radius 3 is 2.57 bits per heavy atom. The van der Waals surface area contributed by atoms with Crippen molar-refractivity contribution in [1.29, 1.82) is 0 Å². The molecule has 0 amide bonds. The monoisotopic (exact) mass is 294 g/mol. The number of rotatable bonds is 1. The number of amidine groups is 1. The number of ketones is 1. The van der Waals surface area contributed by atoms with E-state index in [0.717, 1.165) is 10.5 Å². The highest BCUT2D eigenvalue weighted by molar-refractivity contribution is 8.04. The van der Waals surface area contributed by atoms with Gasteiger partial charge in [0.1, 0.15) is 4.91 Å². The number of benzene rings is 2. The fraction of sp³-hybridized carbons (Fsp3) is 0. The van der Waals surface area contributed by atoms with Crippen LogP contribution in [0.2, 0.25) is 0 Å². The third-order valence-electron chi connectivity index (χ3n) is 3.26. The Bertz CT molecular complexity index is 797. The van der Waals surface area contributed by atoms with Gasteiger partial charge < -0.3 is 10.2 Å². The third kappa shape index (κ3) is 2.02. The van der Waals surface area contributed by atoms with E-state index in [0.29, 0.717) is 22.2 Å². The largest absolute Gasteiger partial charge is 0.335 e. The van der Waals surface area contributed by atoms with Crippen molar-refractivity contribution in [3.8, 4) is 0 Å². The van der Waals surface area contributed by atoms with Gasteiger partial charge in [0.15, 0.2) is 5.84 Å². The normalized spacial score (nSPS) is 19.8. The molecule has 0 saturated heterocycles. The first-order valence-electron chi connectivity index (χ1n) is 6.46. The molecule has 4 nitrogen and oxygen atoms in total. The van der Waals surface area contributed by atoms with Crippen molar-refractivity contribution in [2.24, 2.45) is 5.16 Å². The minimum atomic E-state index is -0.0254. The van der Waals surface area contributed by atoms with E-state index in [1.54, 1.807) is 0 Å². The van der Waals surface area contributed by atoms with Crippen molar-refractivity contribution in [3.63, 3.8) is 0 Å². The van der Waals surface area contributed by atoms with Crippen LogP contribution in [0.25, 0.3) is 0 Å². The molecule has 0 aliphatic carbocycles. The molecule has 1 N–H and O–H groups in total. The summed E-state index contributed by atoms with van der Waals surface area (Å²) in [4.78, 5) is 19.2. The maximum atomic E-state index is 12.4. The Hall–Kier alpha value is -2.53. The van der Waals surface area contributed by atoms with Crippen LogP contribution in [0.5, 0.6) is 0 Å². The summed E-state index contributed by atoms with van der Waals surface area (Å²) in [6.45, 7) is 0. The average Bonchev–Trinajstić information content (AvgIpc) is 3.14. The molecule has 0 radical (unpaired) electrons. The molecule has 2 aliphatic heterocycles. The molecule has 0 fully saturated rings. The molecule has 4 rings (SSSR count). The molecule has 2 aromatic rings. The number of nitrogens with one attached hydrogen (secondary N) is 1. The lowest BCUT2D eigenvalue weighted by Crippen LogP contribution is -2.19. The van der Waals surface area contributed by atoms with Gasteiger partial charge in [0.25, 0.3) is 0 Å². The van der Waals surface area contributed by atoms with E-state index in [2.05, 4.69) is 10.5 Å². The van der Waals surface area contributed by atoms with E-state index in [-0.39, 0.29) is 5.78 Å². The van der Waals surface area contributed by atoms with Gasteiger partial charge in [0.2, 0.25) is 11.7 Å². The van der Waals surface area contributed by atoms with Crippen LogP contribution in [0.4, 0.5) is 0 Å². The van der Waals surface area contributed by atoms with Crippen LogP contribution in [0.3, 0.4) is 0 Å². The van der Waals surface area contributed by atoms with Gasteiger partial charge in [-0.1, -0.05) is 59.4 Å². The Morgan fingerprint density at radius 1 is 1.00 bits per heavy atom. The van der Waals surface area contributed by atoms with Gasteiger partial charge in [-0.15, -0.1) is 0 Å². The molecular formula is C16H10N2O2S. The Kier molecular flexibility index (Phi) is 2.79. The molecule has 21 heavy (non-hydrogen) atoms. The third-order valence-corrected chi connectivity index (χ3v) is 4.41. The van der Waals surface area contributed by atoms with Gasteiger partial charge in [-0.25, -0.2) is 0 Å². The molecule has 5 heteroatoms. The molecule has 2 aromatic carbocycles. The first-order chi connectivity index (χ1) is 10.3. The number of hydrogen-bond acceptors (Lipinski definition) is 5. The van der Waals surface area contributed by atoms with Crippen molar-refractivity contribution in [2.75, 3.05) is 0 Å². The summed E-state index contributed by atoms with van der Waals surface area (Å²) < 4.78 is 0. The minimum Gasteiger partial charge on any atom is -0.335 e. The number of nitrogens with zero attached hydrogens (tertiary/aromatic N) is 1. The van der Waals surface area contributed by atoms with Crippen molar-refractivity contribution < 1.29 is 9.63 Å². The molecular weight excluding hydrogens is 284 g/mol. The standard InChI is InChI=1S/C16H10N2O2S/c19-13-11-8-4-5-9-12(11)21-14(13)16-17-15(18-20-16)10-6-2-1-3-7-10/h1-9H,(H,17,18). The van der Waals surface area contributed by atoms with Gasteiger partial charge in [0.05, 0.1) is 0 Å². The summed E-state index contributed by atoms with van der Waals surface area (Å²) in [5.41, 5.74) is 1.63. The van der Waals surface area contributed by atoms with Crippen molar-refractivity contribution in [1.82, 2.24) is 5.32 Å². The van der Waals surface area contributed by atoms with E-state index in [4.69, 9.17) is 4.84 Å². The number of oxime groups is 1. The Labute approximate surface area is 125 Å². The number of carbonyl (C=O) groups excluding carboxylic acids is 1. The quantitative estimate of drug-likeness (QED) is 0.821. The van der Waals surface area contributed by atoms with Crippen molar-refractivity contribution in [2.45, 2.75) is 4.90 Å². The summed E-state index contributed by atoms with van der Waals surface area (Å²) in [5.74, 6) is 0.991. The van der Waals surface area contributed by atoms with Crippen LogP contribution in [-0.4, -0.2) is 11.6 Å². The topological polar surface area (TPSA) is 50.7 Å². The second-order valence-electron chi connectivity index (χ2n) is 4.61. The van der Waals surface area contributed by atoms with Crippen molar-refractivity contribution in [3.05, 3.63) is 76.5 Å². The maximum absolute atomic E-state index is 12.4. The number of thioether (sulfide) groups is 1. The average molecular weight is 294 g/mol. The van der Waals surface area contributed by atoms with Crippen LogP contribution >= 0.6 is 11.8 Å². The zero-order chi connectivity index (χ0) is 14.2. The SMILES string of the molecule is O=C1C(=C2NC(c3ccccc3)=NO2)Sc2ccccc21. The second kappa shape index (κ2) is 4.79. The summed E-state index contributed by atoms with van der Waals surface area (Å²) in [5, 5.41) is 7.09. The smallest absolute Gasteiger partial charge is 0.246 e. The molecule has 0 unspecified atom stereocenters. The van der Waals surface area contributed by atoms with Crippen molar-refractivity contribution >= 4 is 23.4 Å². The number of allylic oxidation sites excluding steroid dienone is 1. The Morgan fingerprint density at radius 2 is 1.76 bits per heavy atom. The van der Waals surface area contributed by atoms with Gasteiger partial charge in [0, 0.05) is 16.0 Å². The molecule has 0 atom stereocenters. The Balaban J connectivity index is 1.65. The van der Waals surface area contributed by atoms with E-state index >= 15 is 0 Å². The fourth-order valence-corrected chi connectivity index (χ4v) is 3.26. The van der Waals surface area contributed by atoms with E-state index in [1.807, 2.05) is 54.6 Å². The van der Waals surface area contributed by atoms with Crippen LogP contribution in [-0.2, 0) is 4.84 Å². The summed E-state index contributed by atoms with van der Waals surface area (Å²) in [6, 6.07) is 17.2. The van der Waals surface area contributed by atoms with Crippen LogP contribution in [0.15, 0.2) is 75.4 Å². The first-order valence-corrected chi connectivity index (χ1v) is 7.28. The first kappa shape index (κ1) is 12.2. The predicted molar refractivity (Wildman–Crippen MR) is 80.9 cm³/mol. The van der Waals surface area contributed by atoms with Gasteiger partial charge in [-0.3, -0.25) is 4.79 Å². The second-order valence-corrected chi connectivity index (χ2v) is 5.66. The number of carbonyl (C=O) groups is 1. The summed E-state index contributed by atoms with van der Waals surface area (Å²) in [7, 11) is 0. The molecule has 0 spiro atoms. The minimum absolute atomic E-state index is 0.0254. The fourth-order valence-electron chi connectivity index (χ4n) is 2.23. The molecule has 0 saturated carbocycles. The molecule has 102 valence electrons. The molecule has 0 bridgehead atoms. The van der Waals surface area contributed by atoms with Gasteiger partial charge in [-0.2, -0.15) is 0 Å². The number of fused-ring (bicyclic) bond motifs is 1. The molecule has 0 aromatic heterocycles. The van der Waals surface area contributed by atoms with Crippen LogP contribution in [0.1, 0.15) is 15.9 Å². The summed E-state index contributed by atoms with van der Waals surface area (Å²) >= 11 is 1.41. The van der Waals surface area contributed by atoms with E-state index < -0.39 is 0 Å². The maximum Gasteiger partial charge on any atom is 0.246 e. The lowest BCUT2D eigenvalue weighted by molar-refractivity contribution is 0.103. The van der Waals surface area contributed by atoms with Gasteiger partial charge in [-0.05, 0) is 12.1 Å². The zero-order valence-corrected chi connectivity index (χ0v) is 11.7. The van der Waals surface area contributed by atoms with Gasteiger partial charge >= 0.3 is 0 Å². The van der Waals surface area contributed by atoms with Crippen LogP contribution in [0, 0.1) is 0 Å². The predicted octanol–water partition coefficient (Wildman–Crippen LogP) is 3.13. The van der Waals surface area contributed by atoms with E-state index in [9.17, 15) is 4.79 Å². The lowest BCUT2D eigenvalue weighted by Gasteiger charge is -2.01. The van der Waals surface area contributed by atoms with E-state index in [1.165, 1.54) is 11.8 Å². The molecule has 2 aliphatic rings. The summed E-state index contributed by atoms with van der Waals surface area (Å²) in [6.07, 6.45) is 0. The van der Waals surface area contributed by atoms with Crippen LogP contribution < -0.4 is 5.32 Å². The zero-order valence-electron chi connectivity index (χ0n) is 10.9. The highest BCUT2D eigenvalue weighted by Crippen LogP contribution is 2.41. The molecule has 2 heterocycles. The highest BCUT2D eigenvalue weighted by Gasteiger charge is 2.32. The highest BCUT2D eigenvalue weighted by atomic mass is 32.2. The number of Topliss-reactive ketones (excluding diaryl/α,β-unsaturated/α-hetero) is 1. The number of hydrogen-bond donors (Lipinski definition) is 1. The lowest BCUT2D eigenvalue weighted by atomic mass is 10.1.